The Morgan fingerprint density at radius 3 is 2.75 bits per heavy atom. The van der Waals surface area contributed by atoms with Crippen LogP contribution in [-0.4, -0.2) is 33.2 Å². The molecule has 0 aliphatic carbocycles. The molecule has 0 saturated carbocycles. The summed E-state index contributed by atoms with van der Waals surface area (Å²) in [6, 6.07) is 14.0. The Bertz CT molecular complexity index is 1080. The molecule has 0 saturated heterocycles. The molecule has 1 unspecified atom stereocenters. The number of carbonyl (C=O) groups excluding carboxylic acids is 1. The summed E-state index contributed by atoms with van der Waals surface area (Å²) in [5, 5.41) is 18.3. The number of hydrogen-bond donors (Lipinski definition) is 2. The van der Waals surface area contributed by atoms with E-state index >= 15 is 0 Å². The molecule has 0 bridgehead atoms. The second-order valence-electron chi connectivity index (χ2n) is 6.19. The number of methoxy groups -OCH3 is 1. The van der Waals surface area contributed by atoms with Gasteiger partial charge in [-0.25, -0.2) is 0 Å². The molecule has 2 heterocycles. The fourth-order valence-electron chi connectivity index (χ4n) is 3.23. The number of hydrogen-bond acceptors (Lipinski definition) is 6. The van der Waals surface area contributed by atoms with Crippen molar-refractivity contribution >= 4 is 29.1 Å². The first-order chi connectivity index (χ1) is 13.6. The highest BCUT2D eigenvalue weighted by Crippen LogP contribution is 2.38. The molecule has 3 aromatic rings. The number of amides is 1. The maximum Gasteiger partial charge on any atom is 0.255 e. The number of nitrogens with zero attached hydrogens (tertiary/aromatic N) is 4. The summed E-state index contributed by atoms with van der Waals surface area (Å²) in [4.78, 5) is 13.3. The molecule has 0 spiro atoms. The summed E-state index contributed by atoms with van der Waals surface area (Å²) >= 11 is 6.44. The van der Waals surface area contributed by atoms with Gasteiger partial charge >= 0.3 is 0 Å². The predicted molar refractivity (Wildman–Crippen MR) is 105 cm³/mol. The van der Waals surface area contributed by atoms with Crippen molar-refractivity contribution in [2.24, 2.45) is 0 Å². The number of fused-ring (bicyclic) bond motifs is 1. The Balaban J connectivity index is 1.79. The second kappa shape index (κ2) is 7.32. The smallest absolute Gasteiger partial charge is 0.255 e. The molecule has 28 heavy (non-hydrogen) atoms. The lowest BCUT2D eigenvalue weighted by molar-refractivity contribution is -0.113. The molecule has 9 heteroatoms. The fraction of sp³-hybridized carbons (Fsp3) is 0.158. The first-order valence-electron chi connectivity index (χ1n) is 8.54. The van der Waals surface area contributed by atoms with E-state index < -0.39 is 6.04 Å². The van der Waals surface area contributed by atoms with E-state index in [9.17, 15) is 4.79 Å². The summed E-state index contributed by atoms with van der Waals surface area (Å²) in [5.41, 5.74) is 2.39. The molecule has 1 aliphatic rings. The number of halogens is 1. The largest absolute Gasteiger partial charge is 0.495 e. The van der Waals surface area contributed by atoms with Crippen molar-refractivity contribution in [2.75, 3.05) is 17.7 Å². The van der Waals surface area contributed by atoms with Crippen molar-refractivity contribution in [3.05, 3.63) is 70.4 Å². The molecule has 142 valence electrons. The maximum absolute atomic E-state index is 13.3. The van der Waals surface area contributed by atoms with Gasteiger partial charge < -0.3 is 15.4 Å². The lowest BCUT2D eigenvalue weighted by Crippen LogP contribution is -2.31. The SMILES string of the molecule is COc1ccccc1NC(=O)C1=C(C)Nc2nnnn2C1c1ccccc1Cl. The molecular formula is C19H17ClN6O2. The van der Waals surface area contributed by atoms with Crippen molar-refractivity contribution in [1.29, 1.82) is 0 Å². The third-order valence-corrected chi connectivity index (χ3v) is 4.86. The van der Waals surface area contributed by atoms with Crippen molar-refractivity contribution in [1.82, 2.24) is 20.2 Å². The molecule has 4 rings (SSSR count). The number of benzene rings is 2. The van der Waals surface area contributed by atoms with E-state index in [1.54, 1.807) is 36.9 Å². The number of allylic oxidation sites excluding steroid dienone is 1. The van der Waals surface area contributed by atoms with E-state index in [0.717, 1.165) is 5.56 Å². The normalized spacial score (nSPS) is 15.6. The molecule has 0 radical (unpaired) electrons. The summed E-state index contributed by atoms with van der Waals surface area (Å²) < 4.78 is 6.88. The summed E-state index contributed by atoms with van der Waals surface area (Å²) in [6.07, 6.45) is 0. The van der Waals surface area contributed by atoms with Crippen LogP contribution in [0.4, 0.5) is 11.6 Å². The minimum Gasteiger partial charge on any atom is -0.495 e. The van der Waals surface area contributed by atoms with Gasteiger partial charge in [-0.2, -0.15) is 4.68 Å². The molecule has 1 aliphatic heterocycles. The molecular weight excluding hydrogens is 380 g/mol. The zero-order valence-corrected chi connectivity index (χ0v) is 15.9. The molecule has 1 atom stereocenters. The van der Waals surface area contributed by atoms with Crippen LogP contribution in [0.2, 0.25) is 5.02 Å². The second-order valence-corrected chi connectivity index (χ2v) is 6.60. The van der Waals surface area contributed by atoms with Gasteiger partial charge in [0, 0.05) is 16.3 Å². The van der Waals surface area contributed by atoms with E-state index in [-0.39, 0.29) is 5.91 Å². The van der Waals surface area contributed by atoms with Crippen LogP contribution in [0.1, 0.15) is 18.5 Å². The number of carbonyl (C=O) groups is 1. The van der Waals surface area contributed by atoms with Gasteiger partial charge in [-0.3, -0.25) is 4.79 Å². The number of nitrogens with one attached hydrogen (secondary N) is 2. The number of tetrazole rings is 1. The lowest BCUT2D eigenvalue weighted by atomic mass is 9.95. The molecule has 2 N–H and O–H groups in total. The predicted octanol–water partition coefficient (Wildman–Crippen LogP) is 3.26. The third kappa shape index (κ3) is 3.07. The Hall–Kier alpha value is -3.39. The van der Waals surface area contributed by atoms with E-state index in [1.165, 1.54) is 0 Å². The van der Waals surface area contributed by atoms with E-state index in [0.29, 0.717) is 33.7 Å². The van der Waals surface area contributed by atoms with Crippen LogP contribution in [0.15, 0.2) is 59.8 Å². The topological polar surface area (TPSA) is 94.0 Å². The van der Waals surface area contributed by atoms with Crippen LogP contribution < -0.4 is 15.4 Å². The van der Waals surface area contributed by atoms with Gasteiger partial charge in [0.1, 0.15) is 11.8 Å². The van der Waals surface area contributed by atoms with Crippen molar-refractivity contribution in [2.45, 2.75) is 13.0 Å². The molecule has 1 aromatic heterocycles. The van der Waals surface area contributed by atoms with Crippen molar-refractivity contribution in [3.63, 3.8) is 0 Å². The summed E-state index contributed by atoms with van der Waals surface area (Å²) in [6.45, 7) is 1.80. The van der Waals surface area contributed by atoms with Crippen LogP contribution in [-0.2, 0) is 4.79 Å². The highest BCUT2D eigenvalue weighted by Gasteiger charge is 2.35. The quantitative estimate of drug-likeness (QED) is 0.703. The van der Waals surface area contributed by atoms with E-state index in [1.807, 2.05) is 30.3 Å². The first kappa shape index (κ1) is 18.0. The van der Waals surface area contributed by atoms with Gasteiger partial charge in [0.25, 0.3) is 5.91 Å². The molecule has 2 aromatic carbocycles. The maximum atomic E-state index is 13.3. The number of rotatable bonds is 4. The van der Waals surface area contributed by atoms with Gasteiger partial charge in [-0.1, -0.05) is 47.0 Å². The van der Waals surface area contributed by atoms with Crippen molar-refractivity contribution < 1.29 is 9.53 Å². The Labute approximate surface area is 166 Å². The minimum absolute atomic E-state index is 0.305. The van der Waals surface area contributed by atoms with Crippen LogP contribution in [0.5, 0.6) is 5.75 Å². The van der Waals surface area contributed by atoms with Gasteiger partial charge in [-0.05, 0) is 35.5 Å². The fourth-order valence-corrected chi connectivity index (χ4v) is 3.47. The average Bonchev–Trinajstić information content (AvgIpc) is 3.16. The van der Waals surface area contributed by atoms with Gasteiger partial charge in [0.15, 0.2) is 0 Å². The standard InChI is InChI=1S/C19H17ClN6O2/c1-11-16(18(27)22-14-9-5-6-10-15(14)28-2)17(12-7-3-4-8-13(12)20)26-19(21-11)23-24-25-26/h3-10,17H,1-2H3,(H,22,27)(H,21,23,25). The van der Waals surface area contributed by atoms with Crippen LogP contribution in [0.25, 0.3) is 0 Å². The zero-order valence-electron chi connectivity index (χ0n) is 15.2. The summed E-state index contributed by atoms with van der Waals surface area (Å²) in [5.74, 6) is 0.701. The number of anilines is 2. The van der Waals surface area contributed by atoms with Gasteiger partial charge in [-0.15, -0.1) is 0 Å². The Kier molecular flexibility index (Phi) is 4.70. The molecule has 1 amide bonds. The third-order valence-electron chi connectivity index (χ3n) is 4.51. The molecule has 8 nitrogen and oxygen atoms in total. The van der Waals surface area contributed by atoms with Gasteiger partial charge in [0.2, 0.25) is 5.95 Å². The number of aromatic nitrogens is 4. The average molecular weight is 397 g/mol. The highest BCUT2D eigenvalue weighted by atomic mass is 35.5. The number of para-hydroxylation sites is 2. The molecule has 0 fully saturated rings. The van der Waals surface area contributed by atoms with E-state index in [2.05, 4.69) is 26.2 Å². The highest BCUT2D eigenvalue weighted by molar-refractivity contribution is 6.31. The lowest BCUT2D eigenvalue weighted by Gasteiger charge is -2.28. The van der Waals surface area contributed by atoms with Crippen LogP contribution >= 0.6 is 11.6 Å². The Morgan fingerprint density at radius 1 is 1.21 bits per heavy atom. The number of ether oxygens (including phenoxy) is 1. The van der Waals surface area contributed by atoms with Crippen molar-refractivity contribution in [3.8, 4) is 5.75 Å². The zero-order chi connectivity index (χ0) is 19.7. The summed E-state index contributed by atoms with van der Waals surface area (Å²) in [7, 11) is 1.55. The first-order valence-corrected chi connectivity index (χ1v) is 8.92. The monoisotopic (exact) mass is 396 g/mol. The van der Waals surface area contributed by atoms with E-state index in [4.69, 9.17) is 16.3 Å². The van der Waals surface area contributed by atoms with Gasteiger partial charge in [0.05, 0.1) is 18.4 Å². The van der Waals surface area contributed by atoms with Crippen LogP contribution in [0.3, 0.4) is 0 Å². The Morgan fingerprint density at radius 2 is 1.96 bits per heavy atom. The minimum atomic E-state index is -0.574. The van der Waals surface area contributed by atoms with Crippen LogP contribution in [0, 0.1) is 0 Å².